The molecule has 2 N–H and O–H groups in total. The first-order valence-electron chi connectivity index (χ1n) is 5.32. The van der Waals surface area contributed by atoms with Crippen LogP contribution in [-0.2, 0) is 6.54 Å². The van der Waals surface area contributed by atoms with Crippen molar-refractivity contribution >= 4 is 23.4 Å². The second-order valence-electron chi connectivity index (χ2n) is 3.53. The molecule has 0 aliphatic heterocycles. The molecule has 2 aromatic rings. The fourth-order valence-corrected chi connectivity index (χ4v) is 1.42. The van der Waals surface area contributed by atoms with Crippen molar-refractivity contribution in [2.24, 2.45) is 0 Å². The Kier molecular flexibility index (Phi) is 4.09. The Labute approximate surface area is 109 Å². The average molecular weight is 263 g/mol. The van der Waals surface area contributed by atoms with Crippen molar-refractivity contribution in [2.45, 2.75) is 6.54 Å². The van der Waals surface area contributed by atoms with Gasteiger partial charge < -0.3 is 5.32 Å². The maximum absolute atomic E-state index is 11.5. The Hall–Kier alpha value is -2.14. The molecule has 0 unspecified atom stereocenters. The molecule has 2 amide bonds. The van der Waals surface area contributed by atoms with Crippen molar-refractivity contribution in [3.63, 3.8) is 0 Å². The minimum absolute atomic E-state index is 0.283. The van der Waals surface area contributed by atoms with Crippen molar-refractivity contribution in [3.8, 4) is 0 Å². The molecule has 0 saturated heterocycles. The van der Waals surface area contributed by atoms with E-state index in [9.17, 15) is 4.79 Å². The van der Waals surface area contributed by atoms with E-state index in [1.165, 1.54) is 0 Å². The molecular weight excluding hydrogens is 252 g/mol. The molecule has 1 aromatic heterocycles. The summed E-state index contributed by atoms with van der Waals surface area (Å²) in [4.78, 5) is 11.5. The number of carbonyl (C=O) groups excluding carboxylic acids is 1. The molecule has 0 saturated carbocycles. The summed E-state index contributed by atoms with van der Waals surface area (Å²) in [7, 11) is 0. The number of halogens is 1. The van der Waals surface area contributed by atoms with Crippen LogP contribution < -0.4 is 10.6 Å². The number of amides is 2. The van der Waals surface area contributed by atoms with Gasteiger partial charge >= 0.3 is 6.03 Å². The first-order chi connectivity index (χ1) is 8.74. The number of anilines is 1. The van der Waals surface area contributed by atoms with E-state index in [1.807, 2.05) is 30.3 Å². The monoisotopic (exact) mass is 262 g/mol. The van der Waals surface area contributed by atoms with Crippen LogP contribution in [0.25, 0.3) is 0 Å². The highest BCUT2D eigenvalue weighted by molar-refractivity contribution is 6.29. The molecule has 0 fully saturated rings. The summed E-state index contributed by atoms with van der Waals surface area (Å²) in [6, 6.07) is 12.4. The predicted octanol–water partition coefficient (Wildman–Crippen LogP) is 2.45. The zero-order chi connectivity index (χ0) is 12.8. The van der Waals surface area contributed by atoms with Gasteiger partial charge in [0, 0.05) is 6.54 Å². The van der Waals surface area contributed by atoms with E-state index in [4.69, 9.17) is 11.6 Å². The van der Waals surface area contributed by atoms with Crippen molar-refractivity contribution < 1.29 is 4.79 Å². The zero-order valence-electron chi connectivity index (χ0n) is 9.43. The minimum atomic E-state index is -0.338. The zero-order valence-corrected chi connectivity index (χ0v) is 10.2. The molecule has 18 heavy (non-hydrogen) atoms. The summed E-state index contributed by atoms with van der Waals surface area (Å²) in [6.07, 6.45) is 0. The topological polar surface area (TPSA) is 66.9 Å². The van der Waals surface area contributed by atoms with Gasteiger partial charge in [-0.3, -0.25) is 5.32 Å². The molecule has 1 heterocycles. The molecule has 0 radical (unpaired) electrons. The number of benzene rings is 1. The summed E-state index contributed by atoms with van der Waals surface area (Å²) in [5, 5.41) is 12.9. The summed E-state index contributed by atoms with van der Waals surface area (Å²) in [5.41, 5.74) is 1.02. The lowest BCUT2D eigenvalue weighted by Crippen LogP contribution is -2.28. The van der Waals surface area contributed by atoms with Crippen LogP contribution in [0.3, 0.4) is 0 Å². The number of carbonyl (C=O) groups is 1. The van der Waals surface area contributed by atoms with Crippen molar-refractivity contribution in [1.29, 1.82) is 0 Å². The van der Waals surface area contributed by atoms with Crippen LogP contribution in [-0.4, -0.2) is 16.2 Å². The number of aromatic nitrogens is 2. The molecule has 0 aliphatic carbocycles. The molecule has 92 valence electrons. The molecule has 0 atom stereocenters. The van der Waals surface area contributed by atoms with Crippen LogP contribution in [0.2, 0.25) is 5.15 Å². The Morgan fingerprint density at radius 3 is 2.56 bits per heavy atom. The summed E-state index contributed by atoms with van der Waals surface area (Å²) < 4.78 is 0. The van der Waals surface area contributed by atoms with Gasteiger partial charge in [0.1, 0.15) is 0 Å². The lowest BCUT2D eigenvalue weighted by Gasteiger charge is -2.06. The van der Waals surface area contributed by atoms with E-state index >= 15 is 0 Å². The van der Waals surface area contributed by atoms with Gasteiger partial charge in [-0.15, -0.1) is 10.2 Å². The van der Waals surface area contributed by atoms with E-state index in [2.05, 4.69) is 20.8 Å². The number of hydrogen-bond donors (Lipinski definition) is 2. The molecule has 0 bridgehead atoms. The lowest BCUT2D eigenvalue weighted by atomic mass is 10.2. The van der Waals surface area contributed by atoms with Crippen molar-refractivity contribution in [2.75, 3.05) is 5.32 Å². The Morgan fingerprint density at radius 1 is 1.11 bits per heavy atom. The lowest BCUT2D eigenvalue weighted by molar-refractivity contribution is 0.251. The van der Waals surface area contributed by atoms with E-state index in [0.29, 0.717) is 12.4 Å². The number of urea groups is 1. The Morgan fingerprint density at radius 2 is 1.89 bits per heavy atom. The van der Waals surface area contributed by atoms with Crippen molar-refractivity contribution in [3.05, 3.63) is 53.2 Å². The minimum Gasteiger partial charge on any atom is -0.334 e. The normalized spacial score (nSPS) is 9.83. The van der Waals surface area contributed by atoms with Crippen LogP contribution in [0.5, 0.6) is 0 Å². The number of nitrogens with one attached hydrogen (secondary N) is 2. The second kappa shape index (κ2) is 5.97. The van der Waals surface area contributed by atoms with E-state index < -0.39 is 0 Å². The average Bonchev–Trinajstić information content (AvgIpc) is 2.40. The Bertz CT molecular complexity index is 515. The summed E-state index contributed by atoms with van der Waals surface area (Å²) in [5.74, 6) is 0.352. The van der Waals surface area contributed by atoms with Gasteiger partial charge in [0.05, 0.1) is 0 Å². The predicted molar refractivity (Wildman–Crippen MR) is 69.3 cm³/mol. The first-order valence-corrected chi connectivity index (χ1v) is 5.70. The van der Waals surface area contributed by atoms with E-state index in [0.717, 1.165) is 5.56 Å². The van der Waals surface area contributed by atoms with Gasteiger partial charge in [-0.2, -0.15) is 0 Å². The van der Waals surface area contributed by atoms with E-state index in [-0.39, 0.29) is 11.2 Å². The van der Waals surface area contributed by atoms with Gasteiger partial charge in [-0.25, -0.2) is 4.79 Å². The van der Waals surface area contributed by atoms with Gasteiger partial charge in [0.2, 0.25) is 0 Å². The van der Waals surface area contributed by atoms with Crippen LogP contribution in [0.4, 0.5) is 10.6 Å². The molecule has 0 spiro atoms. The number of hydrogen-bond acceptors (Lipinski definition) is 3. The molecule has 2 rings (SSSR count). The van der Waals surface area contributed by atoms with E-state index in [1.54, 1.807) is 12.1 Å². The van der Waals surface area contributed by atoms with Gasteiger partial charge in [-0.1, -0.05) is 41.9 Å². The third-order valence-corrected chi connectivity index (χ3v) is 2.37. The van der Waals surface area contributed by atoms with Crippen LogP contribution in [0, 0.1) is 0 Å². The SMILES string of the molecule is O=C(NCc1ccccc1)Nc1ccc(Cl)nn1. The maximum Gasteiger partial charge on any atom is 0.320 e. The molecular formula is C12H11ClN4O. The van der Waals surface area contributed by atoms with Crippen molar-refractivity contribution in [1.82, 2.24) is 15.5 Å². The number of rotatable bonds is 3. The van der Waals surface area contributed by atoms with Crippen LogP contribution in [0.1, 0.15) is 5.56 Å². The molecule has 5 nitrogen and oxygen atoms in total. The highest BCUT2D eigenvalue weighted by atomic mass is 35.5. The standard InChI is InChI=1S/C12H11ClN4O/c13-10-6-7-11(17-16-10)15-12(18)14-8-9-4-2-1-3-5-9/h1-7H,8H2,(H2,14,15,17,18). The van der Waals surface area contributed by atoms with Gasteiger partial charge in [-0.05, 0) is 17.7 Å². The third-order valence-electron chi connectivity index (χ3n) is 2.17. The Balaban J connectivity index is 1.84. The van der Waals surface area contributed by atoms with Gasteiger partial charge in [0.25, 0.3) is 0 Å². The maximum atomic E-state index is 11.5. The first kappa shape index (κ1) is 12.3. The third kappa shape index (κ3) is 3.71. The molecule has 1 aromatic carbocycles. The fourth-order valence-electron chi connectivity index (χ4n) is 1.32. The quantitative estimate of drug-likeness (QED) is 0.893. The van der Waals surface area contributed by atoms with Gasteiger partial charge in [0.15, 0.2) is 11.0 Å². The molecule has 0 aliphatic rings. The fraction of sp³-hybridized carbons (Fsp3) is 0.0833. The van der Waals surface area contributed by atoms with Crippen LogP contribution in [0.15, 0.2) is 42.5 Å². The summed E-state index contributed by atoms with van der Waals surface area (Å²) in [6.45, 7) is 0.452. The smallest absolute Gasteiger partial charge is 0.320 e. The highest BCUT2D eigenvalue weighted by Gasteiger charge is 2.02. The highest BCUT2D eigenvalue weighted by Crippen LogP contribution is 2.05. The number of nitrogens with zero attached hydrogens (tertiary/aromatic N) is 2. The molecule has 6 heteroatoms. The van der Waals surface area contributed by atoms with Crippen LogP contribution >= 0.6 is 11.6 Å². The largest absolute Gasteiger partial charge is 0.334 e. The summed E-state index contributed by atoms with van der Waals surface area (Å²) >= 11 is 5.59. The second-order valence-corrected chi connectivity index (χ2v) is 3.92.